The first-order chi connectivity index (χ1) is 11.3. The largest absolute Gasteiger partial charge is 0.379 e. The van der Waals surface area contributed by atoms with Crippen LogP contribution in [0.4, 0.5) is 0 Å². The lowest BCUT2D eigenvalue weighted by atomic mass is 9.81. The fraction of sp³-hybridized carbons (Fsp3) is 0.944. The molecule has 1 saturated heterocycles. The minimum atomic E-state index is 0. The molecule has 2 aliphatic rings. The zero-order chi connectivity index (χ0) is 16.3. The standard InChI is InChI=1S/C18H35N3O2.HI/c1-3-15-5-7-16(8-6-15)13-21-18(19-2)20-10-4-11-23-17-9-12-22-14-17;/h15-17H,3-14H2,1-2H3,(H2,19,20,21);1H. The van der Waals surface area contributed by atoms with Crippen molar-refractivity contribution in [3.8, 4) is 0 Å². The normalized spacial score (nSPS) is 27.6. The van der Waals surface area contributed by atoms with E-state index < -0.39 is 0 Å². The second-order valence-electron chi connectivity index (χ2n) is 6.88. The molecule has 1 aliphatic carbocycles. The highest BCUT2D eigenvalue weighted by Crippen LogP contribution is 2.29. The minimum Gasteiger partial charge on any atom is -0.379 e. The Morgan fingerprint density at radius 2 is 1.88 bits per heavy atom. The third-order valence-electron chi connectivity index (χ3n) is 5.18. The van der Waals surface area contributed by atoms with Crippen LogP contribution in [0.1, 0.15) is 51.9 Å². The first-order valence-electron chi connectivity index (χ1n) is 9.45. The summed E-state index contributed by atoms with van der Waals surface area (Å²) in [4.78, 5) is 4.31. The smallest absolute Gasteiger partial charge is 0.190 e. The van der Waals surface area contributed by atoms with Crippen molar-refractivity contribution in [2.24, 2.45) is 16.8 Å². The van der Waals surface area contributed by atoms with E-state index >= 15 is 0 Å². The lowest BCUT2D eigenvalue weighted by Crippen LogP contribution is -2.41. The van der Waals surface area contributed by atoms with Crippen molar-refractivity contribution >= 4 is 29.9 Å². The number of ether oxygens (including phenoxy) is 2. The third kappa shape index (κ3) is 8.34. The first kappa shape index (κ1) is 22.0. The van der Waals surface area contributed by atoms with Gasteiger partial charge in [-0.2, -0.15) is 0 Å². The molecule has 0 bridgehead atoms. The molecule has 1 saturated carbocycles. The van der Waals surface area contributed by atoms with Gasteiger partial charge < -0.3 is 20.1 Å². The monoisotopic (exact) mass is 453 g/mol. The Labute approximate surface area is 164 Å². The predicted molar refractivity (Wildman–Crippen MR) is 110 cm³/mol. The van der Waals surface area contributed by atoms with Crippen LogP contribution in [0.15, 0.2) is 4.99 Å². The van der Waals surface area contributed by atoms with Gasteiger partial charge in [0.15, 0.2) is 5.96 Å². The lowest BCUT2D eigenvalue weighted by molar-refractivity contribution is 0.0420. The highest BCUT2D eigenvalue weighted by molar-refractivity contribution is 14.0. The highest BCUT2D eigenvalue weighted by atomic mass is 127. The van der Waals surface area contributed by atoms with E-state index in [1.54, 1.807) is 0 Å². The van der Waals surface area contributed by atoms with Gasteiger partial charge in [0.2, 0.25) is 0 Å². The van der Waals surface area contributed by atoms with Crippen molar-refractivity contribution in [2.45, 2.75) is 58.0 Å². The van der Waals surface area contributed by atoms with Crippen molar-refractivity contribution in [1.29, 1.82) is 0 Å². The van der Waals surface area contributed by atoms with Gasteiger partial charge >= 0.3 is 0 Å². The molecule has 142 valence electrons. The summed E-state index contributed by atoms with van der Waals surface area (Å²) in [7, 11) is 1.84. The molecule has 0 spiro atoms. The molecule has 1 unspecified atom stereocenters. The number of nitrogens with one attached hydrogen (secondary N) is 2. The number of halogens is 1. The third-order valence-corrected chi connectivity index (χ3v) is 5.18. The second kappa shape index (κ2) is 13.2. The minimum absolute atomic E-state index is 0. The van der Waals surface area contributed by atoms with Gasteiger partial charge in [-0.3, -0.25) is 4.99 Å². The average Bonchev–Trinajstić information content (AvgIpc) is 3.11. The summed E-state index contributed by atoms with van der Waals surface area (Å²) in [6, 6.07) is 0. The van der Waals surface area contributed by atoms with Crippen LogP contribution in [0.5, 0.6) is 0 Å². The molecule has 6 heteroatoms. The van der Waals surface area contributed by atoms with Crippen LogP contribution in [-0.2, 0) is 9.47 Å². The van der Waals surface area contributed by atoms with Crippen LogP contribution in [0, 0.1) is 11.8 Å². The lowest BCUT2D eigenvalue weighted by Gasteiger charge is -2.28. The van der Waals surface area contributed by atoms with Gasteiger partial charge in [-0.25, -0.2) is 0 Å². The van der Waals surface area contributed by atoms with Crippen molar-refractivity contribution in [3.05, 3.63) is 0 Å². The number of nitrogens with zero attached hydrogens (tertiary/aromatic N) is 1. The Kier molecular flexibility index (Phi) is 12.0. The van der Waals surface area contributed by atoms with Crippen LogP contribution in [-0.4, -0.2) is 52.0 Å². The SMILES string of the molecule is CCC1CCC(CNC(=NC)NCCCOC2CCOC2)CC1.I. The molecule has 0 aromatic rings. The van der Waals surface area contributed by atoms with E-state index in [0.717, 1.165) is 63.5 Å². The molecule has 24 heavy (non-hydrogen) atoms. The van der Waals surface area contributed by atoms with Crippen LogP contribution in [0.3, 0.4) is 0 Å². The van der Waals surface area contributed by atoms with E-state index in [2.05, 4.69) is 22.5 Å². The van der Waals surface area contributed by atoms with Crippen LogP contribution in [0.2, 0.25) is 0 Å². The fourth-order valence-corrected chi connectivity index (χ4v) is 3.48. The number of hydrogen-bond acceptors (Lipinski definition) is 3. The summed E-state index contributed by atoms with van der Waals surface area (Å²) >= 11 is 0. The summed E-state index contributed by atoms with van der Waals surface area (Å²) in [6.07, 6.45) is 9.22. The van der Waals surface area contributed by atoms with Crippen molar-refractivity contribution in [3.63, 3.8) is 0 Å². The van der Waals surface area contributed by atoms with Gasteiger partial charge in [-0.15, -0.1) is 24.0 Å². The van der Waals surface area contributed by atoms with Crippen molar-refractivity contribution in [2.75, 3.05) is 40.0 Å². The summed E-state index contributed by atoms with van der Waals surface area (Å²) < 4.78 is 11.1. The molecule has 2 rings (SSSR count). The van der Waals surface area contributed by atoms with E-state index in [-0.39, 0.29) is 24.0 Å². The molecule has 2 fully saturated rings. The summed E-state index contributed by atoms with van der Waals surface area (Å²) in [6.45, 7) is 6.66. The highest BCUT2D eigenvalue weighted by Gasteiger charge is 2.20. The molecule has 0 aromatic heterocycles. The Morgan fingerprint density at radius 1 is 1.12 bits per heavy atom. The Balaban J connectivity index is 0.00000288. The van der Waals surface area contributed by atoms with Crippen molar-refractivity contribution in [1.82, 2.24) is 10.6 Å². The van der Waals surface area contributed by atoms with E-state index in [4.69, 9.17) is 9.47 Å². The molecule has 1 aliphatic heterocycles. The molecular weight excluding hydrogens is 417 g/mol. The van der Waals surface area contributed by atoms with E-state index in [0.29, 0.717) is 6.10 Å². The number of guanidine groups is 1. The Morgan fingerprint density at radius 3 is 2.50 bits per heavy atom. The molecule has 5 nitrogen and oxygen atoms in total. The second-order valence-corrected chi connectivity index (χ2v) is 6.88. The van der Waals surface area contributed by atoms with Gasteiger partial charge in [0.05, 0.1) is 12.7 Å². The molecule has 0 radical (unpaired) electrons. The van der Waals surface area contributed by atoms with Crippen LogP contribution in [0.25, 0.3) is 0 Å². The van der Waals surface area contributed by atoms with Crippen LogP contribution < -0.4 is 10.6 Å². The maximum atomic E-state index is 5.77. The zero-order valence-electron chi connectivity index (χ0n) is 15.4. The van der Waals surface area contributed by atoms with E-state index in [1.165, 1.54) is 32.1 Å². The van der Waals surface area contributed by atoms with E-state index in [9.17, 15) is 0 Å². The number of rotatable bonds is 8. The fourth-order valence-electron chi connectivity index (χ4n) is 3.48. The summed E-state index contributed by atoms with van der Waals surface area (Å²) in [5, 5.41) is 6.86. The molecule has 0 amide bonds. The summed E-state index contributed by atoms with van der Waals surface area (Å²) in [5.41, 5.74) is 0. The van der Waals surface area contributed by atoms with E-state index in [1.807, 2.05) is 7.05 Å². The Hall–Kier alpha value is -0.0800. The molecule has 1 atom stereocenters. The van der Waals surface area contributed by atoms with Gasteiger partial charge in [-0.05, 0) is 37.5 Å². The predicted octanol–water partition coefficient (Wildman–Crippen LogP) is 3.18. The average molecular weight is 453 g/mol. The topological polar surface area (TPSA) is 54.9 Å². The molecule has 2 N–H and O–H groups in total. The van der Waals surface area contributed by atoms with Gasteiger partial charge in [-0.1, -0.05) is 26.2 Å². The van der Waals surface area contributed by atoms with Gasteiger partial charge in [0.1, 0.15) is 0 Å². The van der Waals surface area contributed by atoms with Gasteiger partial charge in [0, 0.05) is 33.4 Å². The van der Waals surface area contributed by atoms with Gasteiger partial charge in [0.25, 0.3) is 0 Å². The molecular formula is C18H36IN3O2. The Bertz CT molecular complexity index is 341. The molecule has 0 aromatic carbocycles. The number of hydrogen-bond donors (Lipinski definition) is 2. The quantitative estimate of drug-likeness (QED) is 0.257. The summed E-state index contributed by atoms with van der Waals surface area (Å²) in [5.74, 6) is 2.70. The maximum Gasteiger partial charge on any atom is 0.190 e. The van der Waals surface area contributed by atoms with Crippen LogP contribution >= 0.6 is 24.0 Å². The first-order valence-corrected chi connectivity index (χ1v) is 9.45. The maximum absolute atomic E-state index is 5.77. The molecule has 1 heterocycles. The zero-order valence-corrected chi connectivity index (χ0v) is 17.7. The number of aliphatic imine (C=N–C) groups is 1. The van der Waals surface area contributed by atoms with Crippen molar-refractivity contribution < 1.29 is 9.47 Å².